The van der Waals surface area contributed by atoms with Crippen LogP contribution in [0.25, 0.3) is 0 Å². The van der Waals surface area contributed by atoms with Crippen LogP contribution in [0.5, 0.6) is 0 Å². The lowest BCUT2D eigenvalue weighted by Gasteiger charge is -2.35. The molecule has 0 atom stereocenters. The minimum absolute atomic E-state index is 0.250. The Bertz CT molecular complexity index is 578. The van der Waals surface area contributed by atoms with Gasteiger partial charge in [-0.1, -0.05) is 11.6 Å². The molecule has 1 aromatic rings. The smallest absolute Gasteiger partial charge is 0.410 e. The van der Waals surface area contributed by atoms with E-state index in [4.69, 9.17) is 4.74 Å². The first kappa shape index (κ1) is 18.2. The largest absolute Gasteiger partial charge is 0.444 e. The van der Waals surface area contributed by atoms with Crippen molar-refractivity contribution in [2.24, 2.45) is 0 Å². The fourth-order valence-corrected chi connectivity index (χ4v) is 2.35. The molecule has 1 aliphatic rings. The molecule has 0 radical (unpaired) electrons. The van der Waals surface area contributed by atoms with Crippen molar-refractivity contribution in [3.8, 4) is 0 Å². The number of nitrogens with zero attached hydrogens (tertiary/aromatic N) is 4. The van der Waals surface area contributed by atoms with Gasteiger partial charge in [-0.25, -0.2) is 14.8 Å². The van der Waals surface area contributed by atoms with Gasteiger partial charge < -0.3 is 14.5 Å². The fourth-order valence-electron chi connectivity index (χ4n) is 2.35. The van der Waals surface area contributed by atoms with E-state index >= 15 is 0 Å². The Labute approximate surface area is 144 Å². The monoisotopic (exact) mass is 332 g/mol. The highest BCUT2D eigenvalue weighted by molar-refractivity contribution is 5.68. The molecule has 1 aliphatic heterocycles. The zero-order valence-electron chi connectivity index (χ0n) is 15.4. The first-order valence-corrected chi connectivity index (χ1v) is 8.42. The number of anilines is 1. The van der Waals surface area contributed by atoms with Gasteiger partial charge in [0.25, 0.3) is 0 Å². The van der Waals surface area contributed by atoms with Crippen molar-refractivity contribution in [2.75, 3.05) is 31.1 Å². The van der Waals surface area contributed by atoms with Crippen LogP contribution in [0.1, 0.15) is 40.2 Å². The zero-order valence-corrected chi connectivity index (χ0v) is 15.4. The van der Waals surface area contributed by atoms with Crippen molar-refractivity contribution < 1.29 is 9.53 Å². The van der Waals surface area contributed by atoms with Crippen LogP contribution in [0.3, 0.4) is 0 Å². The van der Waals surface area contributed by atoms with E-state index in [0.717, 1.165) is 17.9 Å². The summed E-state index contributed by atoms with van der Waals surface area (Å²) in [5.41, 5.74) is 1.93. The number of hydrogen-bond donors (Lipinski definition) is 0. The van der Waals surface area contributed by atoms with Crippen molar-refractivity contribution in [3.63, 3.8) is 0 Å². The van der Waals surface area contributed by atoms with Crippen LogP contribution in [0.15, 0.2) is 24.0 Å². The molecule has 6 heteroatoms. The standard InChI is InChI=1S/C18H28N4O2/c1-14(2)6-7-15-12-19-16(20-13-15)21-8-10-22(11-9-21)17(23)24-18(3,4)5/h6,12-13H,7-11H2,1-5H3. The van der Waals surface area contributed by atoms with Gasteiger partial charge in [0.2, 0.25) is 5.95 Å². The molecule has 1 amide bonds. The molecule has 2 rings (SSSR count). The number of aromatic nitrogens is 2. The Balaban J connectivity index is 1.88. The van der Waals surface area contributed by atoms with E-state index in [1.165, 1.54) is 5.57 Å². The average Bonchev–Trinajstić information content (AvgIpc) is 2.52. The Morgan fingerprint density at radius 1 is 1.17 bits per heavy atom. The number of rotatable bonds is 3. The number of ether oxygens (including phenoxy) is 1. The van der Waals surface area contributed by atoms with Gasteiger partial charge in [-0.05, 0) is 46.6 Å². The summed E-state index contributed by atoms with van der Waals surface area (Å²) in [6, 6.07) is 0. The molecule has 1 fully saturated rings. The molecule has 1 saturated heterocycles. The van der Waals surface area contributed by atoms with Gasteiger partial charge in [-0.3, -0.25) is 0 Å². The van der Waals surface area contributed by atoms with Crippen molar-refractivity contribution in [3.05, 3.63) is 29.6 Å². The summed E-state index contributed by atoms with van der Waals surface area (Å²) in [7, 11) is 0. The topological polar surface area (TPSA) is 58.6 Å². The van der Waals surface area contributed by atoms with Crippen LogP contribution in [0.2, 0.25) is 0 Å². The predicted molar refractivity (Wildman–Crippen MR) is 95.2 cm³/mol. The summed E-state index contributed by atoms with van der Waals surface area (Å²) < 4.78 is 5.41. The Morgan fingerprint density at radius 2 is 1.75 bits per heavy atom. The molecule has 0 bridgehead atoms. The molecule has 0 saturated carbocycles. The van der Waals surface area contributed by atoms with Crippen molar-refractivity contribution in [2.45, 2.75) is 46.6 Å². The Kier molecular flexibility index (Phi) is 5.80. The normalized spacial score (nSPS) is 15.2. The first-order valence-electron chi connectivity index (χ1n) is 8.42. The Morgan fingerprint density at radius 3 is 2.25 bits per heavy atom. The SMILES string of the molecule is CC(C)=CCc1cnc(N2CCN(C(=O)OC(C)(C)C)CC2)nc1. The zero-order chi connectivity index (χ0) is 17.7. The van der Waals surface area contributed by atoms with E-state index in [0.29, 0.717) is 26.2 Å². The second kappa shape index (κ2) is 7.64. The van der Waals surface area contributed by atoms with Gasteiger partial charge >= 0.3 is 6.09 Å². The van der Waals surface area contributed by atoms with Crippen molar-refractivity contribution in [1.82, 2.24) is 14.9 Å². The first-order chi connectivity index (χ1) is 11.2. The molecule has 0 N–H and O–H groups in total. The summed E-state index contributed by atoms with van der Waals surface area (Å²) >= 11 is 0. The fraction of sp³-hybridized carbons (Fsp3) is 0.611. The van der Waals surface area contributed by atoms with Crippen molar-refractivity contribution >= 4 is 12.0 Å². The quantitative estimate of drug-likeness (QED) is 0.796. The minimum Gasteiger partial charge on any atom is -0.444 e. The molecule has 6 nitrogen and oxygen atoms in total. The molecule has 0 aliphatic carbocycles. The lowest BCUT2D eigenvalue weighted by molar-refractivity contribution is 0.0240. The Hall–Kier alpha value is -2.11. The number of hydrogen-bond acceptors (Lipinski definition) is 5. The maximum atomic E-state index is 12.1. The molecule has 2 heterocycles. The predicted octanol–water partition coefficient (Wildman–Crippen LogP) is 3.04. The molecule has 0 spiro atoms. The lowest BCUT2D eigenvalue weighted by Crippen LogP contribution is -2.50. The second-order valence-electron chi connectivity index (χ2n) is 7.33. The summed E-state index contributed by atoms with van der Waals surface area (Å²) in [5, 5.41) is 0. The van der Waals surface area contributed by atoms with Crippen LogP contribution in [-0.2, 0) is 11.2 Å². The summed E-state index contributed by atoms with van der Waals surface area (Å²) in [6.45, 7) is 12.5. The summed E-state index contributed by atoms with van der Waals surface area (Å²) in [4.78, 5) is 24.8. The van der Waals surface area contributed by atoms with Crippen LogP contribution >= 0.6 is 0 Å². The molecule has 132 valence electrons. The van der Waals surface area contributed by atoms with Gasteiger partial charge in [-0.15, -0.1) is 0 Å². The molecule has 1 aromatic heterocycles. The van der Waals surface area contributed by atoms with Gasteiger partial charge in [0, 0.05) is 38.6 Å². The molecular formula is C18H28N4O2. The average molecular weight is 332 g/mol. The number of carbonyl (C=O) groups excluding carboxylic acids is 1. The maximum absolute atomic E-state index is 12.1. The van der Waals surface area contributed by atoms with E-state index in [1.54, 1.807) is 4.90 Å². The molecule has 0 unspecified atom stereocenters. The van der Waals surface area contributed by atoms with Gasteiger partial charge in [-0.2, -0.15) is 0 Å². The van der Waals surface area contributed by atoms with Crippen LogP contribution in [0, 0.1) is 0 Å². The van der Waals surface area contributed by atoms with Crippen LogP contribution in [-0.4, -0.2) is 52.7 Å². The molecule has 24 heavy (non-hydrogen) atoms. The van der Waals surface area contributed by atoms with Crippen LogP contribution in [0.4, 0.5) is 10.7 Å². The summed E-state index contributed by atoms with van der Waals surface area (Å²) in [5.74, 6) is 0.722. The van der Waals surface area contributed by atoms with E-state index in [2.05, 4.69) is 34.8 Å². The lowest BCUT2D eigenvalue weighted by atomic mass is 10.2. The molecule has 0 aromatic carbocycles. The van der Waals surface area contributed by atoms with E-state index in [9.17, 15) is 4.79 Å². The third kappa shape index (κ3) is 5.51. The summed E-state index contributed by atoms with van der Waals surface area (Å²) in [6.07, 6.45) is 6.52. The van der Waals surface area contributed by atoms with Crippen molar-refractivity contribution in [1.29, 1.82) is 0 Å². The highest BCUT2D eigenvalue weighted by Crippen LogP contribution is 2.15. The number of carbonyl (C=O) groups is 1. The minimum atomic E-state index is -0.460. The molecular weight excluding hydrogens is 304 g/mol. The highest BCUT2D eigenvalue weighted by Gasteiger charge is 2.26. The van der Waals surface area contributed by atoms with Gasteiger partial charge in [0.05, 0.1) is 0 Å². The number of amides is 1. The third-order valence-corrected chi connectivity index (χ3v) is 3.65. The maximum Gasteiger partial charge on any atom is 0.410 e. The van der Waals surface area contributed by atoms with E-state index in [-0.39, 0.29) is 6.09 Å². The highest BCUT2D eigenvalue weighted by atomic mass is 16.6. The van der Waals surface area contributed by atoms with Gasteiger partial charge in [0.1, 0.15) is 5.60 Å². The van der Waals surface area contributed by atoms with Crippen LogP contribution < -0.4 is 4.90 Å². The van der Waals surface area contributed by atoms with E-state index < -0.39 is 5.60 Å². The van der Waals surface area contributed by atoms with Gasteiger partial charge in [0.15, 0.2) is 0 Å². The van der Waals surface area contributed by atoms with E-state index in [1.807, 2.05) is 33.2 Å². The third-order valence-electron chi connectivity index (χ3n) is 3.65. The number of piperazine rings is 1. The number of allylic oxidation sites excluding steroid dienone is 2. The second-order valence-corrected chi connectivity index (χ2v) is 7.33.